The summed E-state index contributed by atoms with van der Waals surface area (Å²) < 4.78 is 5.76. The summed E-state index contributed by atoms with van der Waals surface area (Å²) in [6.45, 7) is 2.55. The first-order valence-electron chi connectivity index (χ1n) is 10.4. The van der Waals surface area contributed by atoms with E-state index in [1.54, 1.807) is 0 Å². The standard InChI is InChI=1S/C13H17NO2.C9H10N4/c15-12-5-6-14(8-12)11-7-10-3-1-2-4-13(10)16-9-11;10-8-6-3-7(5-1-2-5)13-9(6)12-4-11-8/h1-4,11-12,15H,5-9H2;3-5H,1-2H2,(H3,10,11,12,13). The van der Waals surface area contributed by atoms with Gasteiger partial charge in [0.15, 0.2) is 0 Å². The van der Waals surface area contributed by atoms with Crippen LogP contribution in [0.25, 0.3) is 11.0 Å². The number of β-amino-alcohol motifs (C(OH)–C–C–N with tert-alkyl or cyclic N) is 1. The number of hydrogen-bond acceptors (Lipinski definition) is 6. The second kappa shape index (κ2) is 7.65. The van der Waals surface area contributed by atoms with Gasteiger partial charge in [-0.2, -0.15) is 0 Å². The normalized spacial score (nSPS) is 23.9. The third-order valence-corrected chi connectivity index (χ3v) is 6.07. The fourth-order valence-electron chi connectivity index (χ4n) is 4.24. The maximum atomic E-state index is 9.54. The molecular weight excluding hydrogens is 366 g/mol. The van der Waals surface area contributed by atoms with Crippen LogP contribution in [0.1, 0.15) is 36.4 Å². The van der Waals surface area contributed by atoms with Gasteiger partial charge in [0.25, 0.3) is 0 Å². The van der Waals surface area contributed by atoms with E-state index in [0.29, 0.717) is 17.8 Å². The Morgan fingerprint density at radius 2 is 2.03 bits per heavy atom. The van der Waals surface area contributed by atoms with Crippen molar-refractivity contribution in [2.75, 3.05) is 25.4 Å². The van der Waals surface area contributed by atoms with Crippen molar-refractivity contribution in [3.8, 4) is 5.75 Å². The van der Waals surface area contributed by atoms with Crippen LogP contribution in [0.15, 0.2) is 36.7 Å². The van der Waals surface area contributed by atoms with Crippen LogP contribution in [0.5, 0.6) is 5.75 Å². The Hall–Kier alpha value is -2.64. The van der Waals surface area contributed by atoms with Crippen molar-refractivity contribution in [2.24, 2.45) is 0 Å². The molecule has 0 amide bonds. The molecule has 3 aromatic rings. The lowest BCUT2D eigenvalue weighted by molar-refractivity contribution is 0.118. The maximum absolute atomic E-state index is 9.54. The highest BCUT2D eigenvalue weighted by molar-refractivity contribution is 5.86. The molecule has 7 heteroatoms. The van der Waals surface area contributed by atoms with Crippen molar-refractivity contribution in [3.05, 3.63) is 47.9 Å². The zero-order valence-electron chi connectivity index (χ0n) is 16.4. The predicted octanol–water partition coefficient (Wildman–Crippen LogP) is 2.47. The van der Waals surface area contributed by atoms with Crippen molar-refractivity contribution in [2.45, 2.75) is 43.7 Å². The number of likely N-dealkylation sites (tertiary alicyclic amines) is 1. The summed E-state index contributed by atoms with van der Waals surface area (Å²) in [5.41, 5.74) is 9.12. The highest BCUT2D eigenvalue weighted by atomic mass is 16.5. The number of ether oxygens (including phenoxy) is 1. The number of rotatable bonds is 2. The van der Waals surface area contributed by atoms with E-state index in [1.165, 1.54) is 30.4 Å². The largest absolute Gasteiger partial charge is 0.492 e. The monoisotopic (exact) mass is 393 g/mol. The van der Waals surface area contributed by atoms with Crippen LogP contribution >= 0.6 is 0 Å². The molecule has 0 bridgehead atoms. The quantitative estimate of drug-likeness (QED) is 0.618. The molecule has 1 aliphatic carbocycles. The molecule has 2 aliphatic heterocycles. The number of nitrogens with two attached hydrogens (primary N) is 1. The number of hydrogen-bond donors (Lipinski definition) is 3. The van der Waals surface area contributed by atoms with E-state index in [1.807, 2.05) is 12.1 Å². The van der Waals surface area contributed by atoms with E-state index in [2.05, 4.69) is 38.1 Å². The highest BCUT2D eigenvalue weighted by Crippen LogP contribution is 2.40. The second-order valence-electron chi connectivity index (χ2n) is 8.23. The first-order chi connectivity index (χ1) is 14.2. The van der Waals surface area contributed by atoms with Gasteiger partial charge in [-0.05, 0) is 49.3 Å². The number of fused-ring (bicyclic) bond motifs is 2. The minimum Gasteiger partial charge on any atom is -0.492 e. The lowest BCUT2D eigenvalue weighted by Crippen LogP contribution is -2.42. The van der Waals surface area contributed by atoms with Gasteiger partial charge in [0, 0.05) is 24.8 Å². The molecule has 6 rings (SSSR count). The topological polar surface area (TPSA) is 100 Å². The third kappa shape index (κ3) is 3.93. The number of para-hydroxylation sites is 1. The number of aromatic amines is 1. The molecule has 4 N–H and O–H groups in total. The number of anilines is 1. The van der Waals surface area contributed by atoms with Crippen molar-refractivity contribution in [3.63, 3.8) is 0 Å². The summed E-state index contributed by atoms with van der Waals surface area (Å²) in [7, 11) is 0. The molecule has 1 aromatic carbocycles. The molecule has 2 fully saturated rings. The second-order valence-corrected chi connectivity index (χ2v) is 8.23. The van der Waals surface area contributed by atoms with Gasteiger partial charge in [0.05, 0.1) is 11.5 Å². The molecule has 1 saturated heterocycles. The van der Waals surface area contributed by atoms with Crippen LogP contribution in [-0.2, 0) is 6.42 Å². The Morgan fingerprint density at radius 1 is 1.17 bits per heavy atom. The van der Waals surface area contributed by atoms with Crippen LogP contribution in [0, 0.1) is 0 Å². The van der Waals surface area contributed by atoms with Gasteiger partial charge >= 0.3 is 0 Å². The lowest BCUT2D eigenvalue weighted by atomic mass is 10.0. The van der Waals surface area contributed by atoms with Crippen LogP contribution in [0.4, 0.5) is 5.82 Å². The van der Waals surface area contributed by atoms with E-state index in [-0.39, 0.29) is 6.10 Å². The Balaban J connectivity index is 0.000000128. The number of aliphatic hydroxyl groups is 1. The summed E-state index contributed by atoms with van der Waals surface area (Å²) >= 11 is 0. The van der Waals surface area contributed by atoms with Crippen LogP contribution in [0.2, 0.25) is 0 Å². The molecule has 2 unspecified atom stereocenters. The minimum atomic E-state index is -0.142. The van der Waals surface area contributed by atoms with Crippen LogP contribution in [0.3, 0.4) is 0 Å². The van der Waals surface area contributed by atoms with E-state index >= 15 is 0 Å². The van der Waals surface area contributed by atoms with Gasteiger partial charge in [-0.3, -0.25) is 4.90 Å². The Kier molecular flexibility index (Phi) is 4.85. The Morgan fingerprint density at radius 3 is 2.79 bits per heavy atom. The van der Waals surface area contributed by atoms with Crippen LogP contribution < -0.4 is 10.5 Å². The molecule has 29 heavy (non-hydrogen) atoms. The van der Waals surface area contributed by atoms with E-state index < -0.39 is 0 Å². The number of nitrogens with one attached hydrogen (secondary N) is 1. The molecule has 0 radical (unpaired) electrons. The number of aromatic nitrogens is 3. The van der Waals surface area contributed by atoms with Gasteiger partial charge in [0.2, 0.25) is 0 Å². The van der Waals surface area contributed by atoms with Crippen molar-refractivity contribution in [1.29, 1.82) is 0 Å². The Labute approximate surface area is 169 Å². The predicted molar refractivity (Wildman–Crippen MR) is 112 cm³/mol. The highest BCUT2D eigenvalue weighted by Gasteiger charge is 2.30. The van der Waals surface area contributed by atoms with E-state index in [0.717, 1.165) is 49.3 Å². The third-order valence-electron chi connectivity index (χ3n) is 6.07. The van der Waals surface area contributed by atoms with E-state index in [4.69, 9.17) is 10.5 Å². The molecule has 152 valence electrons. The fourth-order valence-corrected chi connectivity index (χ4v) is 4.24. The van der Waals surface area contributed by atoms with Gasteiger partial charge in [-0.15, -0.1) is 0 Å². The summed E-state index contributed by atoms with van der Waals surface area (Å²) in [4.78, 5) is 13.7. The molecule has 2 aromatic heterocycles. The van der Waals surface area contributed by atoms with Crippen molar-refractivity contribution >= 4 is 16.9 Å². The van der Waals surface area contributed by atoms with E-state index in [9.17, 15) is 5.11 Å². The minimum absolute atomic E-state index is 0.142. The average Bonchev–Trinajstić information content (AvgIpc) is 3.35. The smallest absolute Gasteiger partial charge is 0.143 e. The molecule has 0 spiro atoms. The first kappa shape index (κ1) is 18.4. The first-order valence-corrected chi connectivity index (χ1v) is 10.4. The van der Waals surface area contributed by atoms with Crippen molar-refractivity contribution in [1.82, 2.24) is 19.9 Å². The molecular formula is C22H27N5O2. The SMILES string of the molecule is Nc1ncnc2[nH]c(C3CC3)cc12.OC1CCN(C2COc3ccccc3C2)C1. The maximum Gasteiger partial charge on any atom is 0.143 e. The zero-order chi connectivity index (χ0) is 19.8. The van der Waals surface area contributed by atoms with Crippen LogP contribution in [-0.4, -0.2) is 56.8 Å². The molecule has 3 aliphatic rings. The summed E-state index contributed by atoms with van der Waals surface area (Å²) in [5.74, 6) is 2.29. The zero-order valence-corrected chi connectivity index (χ0v) is 16.4. The number of nitrogen functional groups attached to an aromatic ring is 1. The number of nitrogens with zero attached hydrogens (tertiary/aromatic N) is 3. The fraction of sp³-hybridized carbons (Fsp3) is 0.455. The number of H-pyrrole nitrogens is 1. The Bertz CT molecular complexity index is 1000. The van der Waals surface area contributed by atoms with Gasteiger partial charge in [-0.1, -0.05) is 18.2 Å². The molecule has 7 nitrogen and oxygen atoms in total. The summed E-state index contributed by atoms with van der Waals surface area (Å²) in [6.07, 6.45) is 5.85. The van der Waals surface area contributed by atoms with Gasteiger partial charge in [-0.25, -0.2) is 9.97 Å². The summed E-state index contributed by atoms with van der Waals surface area (Å²) in [5, 5.41) is 10.5. The average molecular weight is 393 g/mol. The lowest BCUT2D eigenvalue weighted by Gasteiger charge is -2.32. The summed E-state index contributed by atoms with van der Waals surface area (Å²) in [6, 6.07) is 10.7. The van der Waals surface area contributed by atoms with Gasteiger partial charge in [0.1, 0.15) is 30.1 Å². The number of aliphatic hydroxyl groups excluding tert-OH is 1. The van der Waals surface area contributed by atoms with Crippen molar-refractivity contribution < 1.29 is 9.84 Å². The molecule has 4 heterocycles. The number of benzene rings is 1. The molecule has 2 atom stereocenters. The van der Waals surface area contributed by atoms with Gasteiger partial charge < -0.3 is 20.6 Å². The molecule has 1 saturated carbocycles.